The molecule has 2 aromatic rings. The molecule has 0 fully saturated rings. The van der Waals surface area contributed by atoms with E-state index < -0.39 is 6.10 Å². The van der Waals surface area contributed by atoms with Crippen molar-refractivity contribution >= 4 is 0 Å². The number of ether oxygens (including phenoxy) is 1. The van der Waals surface area contributed by atoms with Crippen LogP contribution in [0, 0.1) is 5.92 Å². The second kappa shape index (κ2) is 5.84. The summed E-state index contributed by atoms with van der Waals surface area (Å²) < 4.78 is 10.2. The molecule has 1 aromatic heterocycles. The van der Waals surface area contributed by atoms with E-state index in [-0.39, 0.29) is 5.92 Å². The smallest absolute Gasteiger partial charge is 0.229 e. The molecule has 0 saturated carbocycles. The first-order valence-electron chi connectivity index (χ1n) is 6.25. The average Bonchev–Trinajstić information content (AvgIpc) is 2.87. The third kappa shape index (κ3) is 3.32. The molecule has 2 rings (SSSR count). The number of nitrogens with zero attached hydrogens (tertiary/aromatic N) is 2. The molecule has 1 N–H and O–H groups in total. The fourth-order valence-corrected chi connectivity index (χ4v) is 1.61. The Morgan fingerprint density at radius 2 is 1.95 bits per heavy atom. The van der Waals surface area contributed by atoms with Gasteiger partial charge < -0.3 is 14.4 Å². The van der Waals surface area contributed by atoms with Crippen LogP contribution < -0.4 is 4.74 Å². The van der Waals surface area contributed by atoms with Gasteiger partial charge in [-0.2, -0.15) is 4.98 Å². The molecule has 0 radical (unpaired) electrons. The van der Waals surface area contributed by atoms with Crippen LogP contribution in [0.2, 0.25) is 0 Å². The number of benzene rings is 1. The van der Waals surface area contributed by atoms with E-state index in [0.29, 0.717) is 18.1 Å². The maximum atomic E-state index is 9.78. The first-order valence-corrected chi connectivity index (χ1v) is 6.25. The highest BCUT2D eigenvalue weighted by Crippen LogP contribution is 2.20. The van der Waals surface area contributed by atoms with Crippen LogP contribution in [0.5, 0.6) is 5.75 Å². The van der Waals surface area contributed by atoms with Gasteiger partial charge in [-0.1, -0.05) is 19.0 Å². The molecule has 0 aliphatic carbocycles. The largest absolute Gasteiger partial charge is 0.497 e. The molecule has 102 valence electrons. The van der Waals surface area contributed by atoms with Crippen molar-refractivity contribution in [2.45, 2.75) is 26.4 Å². The van der Waals surface area contributed by atoms with Crippen molar-refractivity contribution in [1.29, 1.82) is 0 Å². The van der Waals surface area contributed by atoms with Gasteiger partial charge in [0, 0.05) is 5.56 Å². The molecular formula is C14H18N2O3. The fourth-order valence-electron chi connectivity index (χ4n) is 1.61. The third-order valence-electron chi connectivity index (χ3n) is 2.97. The van der Waals surface area contributed by atoms with Crippen molar-refractivity contribution in [3.63, 3.8) is 0 Å². The molecule has 5 nitrogen and oxygen atoms in total. The van der Waals surface area contributed by atoms with Gasteiger partial charge in [0.25, 0.3) is 0 Å². The highest BCUT2D eigenvalue weighted by molar-refractivity contribution is 5.55. The second-order valence-corrected chi connectivity index (χ2v) is 4.76. The van der Waals surface area contributed by atoms with E-state index in [4.69, 9.17) is 9.26 Å². The normalized spacial score (nSPS) is 12.7. The van der Waals surface area contributed by atoms with Gasteiger partial charge in [-0.15, -0.1) is 0 Å². The lowest BCUT2D eigenvalue weighted by Crippen LogP contribution is -2.17. The van der Waals surface area contributed by atoms with Crippen LogP contribution in [0.1, 0.15) is 19.7 Å². The molecule has 0 aliphatic heterocycles. The van der Waals surface area contributed by atoms with Crippen molar-refractivity contribution in [2.75, 3.05) is 7.11 Å². The molecule has 1 heterocycles. The van der Waals surface area contributed by atoms with E-state index in [0.717, 1.165) is 11.3 Å². The first kappa shape index (κ1) is 13.5. The minimum atomic E-state index is -0.468. The topological polar surface area (TPSA) is 68.4 Å². The zero-order chi connectivity index (χ0) is 13.8. The Kier molecular flexibility index (Phi) is 4.16. The first-order chi connectivity index (χ1) is 9.10. The lowest BCUT2D eigenvalue weighted by molar-refractivity contribution is 0.116. The number of aliphatic hydroxyl groups is 1. The average molecular weight is 262 g/mol. The van der Waals surface area contributed by atoms with Crippen LogP contribution in [0.4, 0.5) is 0 Å². The van der Waals surface area contributed by atoms with Gasteiger partial charge >= 0.3 is 0 Å². The number of rotatable bonds is 5. The molecule has 0 amide bonds. The van der Waals surface area contributed by atoms with E-state index >= 15 is 0 Å². The fraction of sp³-hybridized carbons (Fsp3) is 0.429. The predicted molar refractivity (Wildman–Crippen MR) is 70.8 cm³/mol. The highest BCUT2D eigenvalue weighted by Gasteiger charge is 2.15. The molecule has 19 heavy (non-hydrogen) atoms. The van der Waals surface area contributed by atoms with Crippen LogP contribution in [-0.4, -0.2) is 28.5 Å². The Bertz CT molecular complexity index is 520. The van der Waals surface area contributed by atoms with Gasteiger partial charge in [-0.3, -0.25) is 0 Å². The number of aromatic nitrogens is 2. The number of hydrogen-bond acceptors (Lipinski definition) is 5. The standard InChI is InChI=1S/C14H18N2O3/c1-9(2)12(17)8-13-15-14(16-19-13)10-4-6-11(18-3)7-5-10/h4-7,9,12,17H,8H2,1-3H3. The van der Waals surface area contributed by atoms with Crippen LogP contribution in [0.15, 0.2) is 28.8 Å². The Balaban J connectivity index is 2.11. The Hall–Kier alpha value is -1.88. The van der Waals surface area contributed by atoms with E-state index in [1.807, 2.05) is 38.1 Å². The van der Waals surface area contributed by atoms with E-state index in [2.05, 4.69) is 10.1 Å². The van der Waals surface area contributed by atoms with Gasteiger partial charge in [0.2, 0.25) is 11.7 Å². The lowest BCUT2D eigenvalue weighted by Gasteiger charge is -2.10. The summed E-state index contributed by atoms with van der Waals surface area (Å²) in [6, 6.07) is 7.42. The van der Waals surface area contributed by atoms with Crippen LogP contribution >= 0.6 is 0 Å². The van der Waals surface area contributed by atoms with Crippen LogP contribution in [0.3, 0.4) is 0 Å². The van der Waals surface area contributed by atoms with Crippen molar-refractivity contribution in [3.05, 3.63) is 30.2 Å². The predicted octanol–water partition coefficient (Wildman–Crippen LogP) is 2.30. The van der Waals surface area contributed by atoms with Gasteiger partial charge in [0.05, 0.1) is 19.6 Å². The molecule has 0 saturated heterocycles. The van der Waals surface area contributed by atoms with E-state index in [9.17, 15) is 5.11 Å². The van der Waals surface area contributed by atoms with Gasteiger partial charge in [0.1, 0.15) is 5.75 Å². The minimum absolute atomic E-state index is 0.163. The molecule has 5 heteroatoms. The zero-order valence-corrected chi connectivity index (χ0v) is 11.3. The van der Waals surface area contributed by atoms with E-state index in [1.165, 1.54) is 0 Å². The van der Waals surface area contributed by atoms with Crippen molar-refractivity contribution in [1.82, 2.24) is 10.1 Å². The monoisotopic (exact) mass is 262 g/mol. The van der Waals surface area contributed by atoms with Crippen molar-refractivity contribution in [2.24, 2.45) is 5.92 Å². The lowest BCUT2D eigenvalue weighted by atomic mass is 10.0. The summed E-state index contributed by atoms with van der Waals surface area (Å²) in [6.07, 6.45) is -0.0925. The summed E-state index contributed by atoms with van der Waals surface area (Å²) in [5.74, 6) is 1.92. The molecule has 0 spiro atoms. The van der Waals surface area contributed by atoms with Gasteiger partial charge in [-0.25, -0.2) is 0 Å². The molecule has 1 atom stereocenters. The SMILES string of the molecule is COc1ccc(-c2noc(CC(O)C(C)C)n2)cc1. The number of aliphatic hydroxyl groups excluding tert-OH is 1. The summed E-state index contributed by atoms with van der Waals surface area (Å²) in [6.45, 7) is 3.90. The maximum absolute atomic E-state index is 9.78. The van der Waals surface area contributed by atoms with E-state index in [1.54, 1.807) is 7.11 Å². The molecule has 0 aliphatic rings. The summed E-state index contributed by atoms with van der Waals surface area (Å²) in [7, 11) is 1.62. The summed E-state index contributed by atoms with van der Waals surface area (Å²) >= 11 is 0. The molecule has 0 bridgehead atoms. The molecular weight excluding hydrogens is 244 g/mol. The Morgan fingerprint density at radius 3 is 2.53 bits per heavy atom. The quantitative estimate of drug-likeness (QED) is 0.895. The van der Waals surface area contributed by atoms with Gasteiger partial charge in [-0.05, 0) is 30.2 Å². The Morgan fingerprint density at radius 1 is 1.26 bits per heavy atom. The maximum Gasteiger partial charge on any atom is 0.229 e. The van der Waals surface area contributed by atoms with Gasteiger partial charge in [0.15, 0.2) is 0 Å². The summed E-state index contributed by atoms with van der Waals surface area (Å²) in [5.41, 5.74) is 0.856. The third-order valence-corrected chi connectivity index (χ3v) is 2.97. The Labute approximate surface area is 112 Å². The van der Waals surface area contributed by atoms with Crippen LogP contribution in [0.25, 0.3) is 11.4 Å². The van der Waals surface area contributed by atoms with Crippen LogP contribution in [-0.2, 0) is 6.42 Å². The molecule has 1 unspecified atom stereocenters. The zero-order valence-electron chi connectivity index (χ0n) is 11.3. The molecule has 1 aromatic carbocycles. The summed E-state index contributed by atoms with van der Waals surface area (Å²) in [4.78, 5) is 4.28. The van der Waals surface area contributed by atoms with Crippen molar-refractivity contribution < 1.29 is 14.4 Å². The highest BCUT2D eigenvalue weighted by atomic mass is 16.5. The summed E-state index contributed by atoms with van der Waals surface area (Å²) in [5, 5.41) is 13.7. The second-order valence-electron chi connectivity index (χ2n) is 4.76. The minimum Gasteiger partial charge on any atom is -0.497 e. The number of hydrogen-bond donors (Lipinski definition) is 1. The van der Waals surface area contributed by atoms with Crippen molar-refractivity contribution in [3.8, 4) is 17.1 Å². The number of methoxy groups -OCH3 is 1.